The number of hydrogen-bond acceptors (Lipinski definition) is 3. The molecule has 1 aliphatic heterocycles. The number of carbonyl (C=O) groups is 1. The van der Waals surface area contributed by atoms with Gasteiger partial charge in [0, 0.05) is 25.7 Å². The molecular formula is C16H24Cl2N2O2. The first kappa shape index (κ1) is 19.2. The van der Waals surface area contributed by atoms with E-state index in [2.05, 4.69) is 5.32 Å². The summed E-state index contributed by atoms with van der Waals surface area (Å²) in [4.78, 5) is 14.7. The van der Waals surface area contributed by atoms with Gasteiger partial charge in [0.25, 0.3) is 0 Å². The molecule has 1 aromatic carbocycles. The normalized spacial score (nSPS) is 16.7. The molecule has 2 rings (SSSR count). The summed E-state index contributed by atoms with van der Waals surface area (Å²) in [7, 11) is 3.52. The molecule has 1 aliphatic rings. The summed E-state index contributed by atoms with van der Waals surface area (Å²) in [5.41, 5.74) is 0.693. The Labute approximate surface area is 143 Å². The highest BCUT2D eigenvalue weighted by Crippen LogP contribution is 2.31. The Morgan fingerprint density at radius 3 is 2.45 bits per heavy atom. The topological polar surface area (TPSA) is 41.6 Å². The number of nitrogens with one attached hydrogen (secondary N) is 1. The Kier molecular flexibility index (Phi) is 7.63. The zero-order chi connectivity index (χ0) is 15.3. The smallest absolute Gasteiger partial charge is 0.231 e. The first-order chi connectivity index (χ1) is 10.1. The highest BCUT2D eigenvalue weighted by molar-refractivity contribution is 6.30. The number of rotatable bonds is 5. The van der Waals surface area contributed by atoms with Gasteiger partial charge >= 0.3 is 0 Å². The van der Waals surface area contributed by atoms with Gasteiger partial charge in [-0.2, -0.15) is 0 Å². The molecule has 0 saturated carbocycles. The van der Waals surface area contributed by atoms with E-state index < -0.39 is 0 Å². The van der Waals surface area contributed by atoms with Crippen molar-refractivity contribution in [1.29, 1.82) is 0 Å². The molecule has 6 heteroatoms. The number of nitrogens with zero attached hydrogens (tertiary/aromatic N) is 1. The summed E-state index contributed by atoms with van der Waals surface area (Å²) in [6.45, 7) is 2.81. The molecule has 0 aliphatic carbocycles. The van der Waals surface area contributed by atoms with Crippen molar-refractivity contribution in [1.82, 2.24) is 10.2 Å². The molecule has 0 spiro atoms. The standard InChI is InChI=1S/C16H23ClN2O2.ClH/c1-19(11-13-3-5-14(17)6-4-13)15(20)16(12-21-2)7-9-18-10-8-16;/h3-6,18H,7-12H2,1-2H3;1H. The summed E-state index contributed by atoms with van der Waals surface area (Å²) >= 11 is 5.89. The fourth-order valence-electron chi connectivity index (χ4n) is 2.94. The number of carbonyl (C=O) groups excluding carboxylic acids is 1. The van der Waals surface area contributed by atoms with Crippen LogP contribution < -0.4 is 5.32 Å². The van der Waals surface area contributed by atoms with Crippen molar-refractivity contribution < 1.29 is 9.53 Å². The van der Waals surface area contributed by atoms with Crippen LogP contribution in [0.25, 0.3) is 0 Å². The van der Waals surface area contributed by atoms with E-state index in [1.54, 1.807) is 12.0 Å². The Morgan fingerprint density at radius 1 is 1.32 bits per heavy atom. The summed E-state index contributed by atoms with van der Waals surface area (Å²) < 4.78 is 5.33. The third kappa shape index (κ3) is 4.59. The molecule has 0 unspecified atom stereocenters. The molecule has 124 valence electrons. The van der Waals surface area contributed by atoms with Gasteiger partial charge in [-0.1, -0.05) is 23.7 Å². The zero-order valence-corrected chi connectivity index (χ0v) is 14.7. The third-order valence-corrected chi connectivity index (χ3v) is 4.37. The number of hydrogen-bond donors (Lipinski definition) is 1. The first-order valence-corrected chi connectivity index (χ1v) is 7.65. The maximum Gasteiger partial charge on any atom is 0.231 e. The fourth-order valence-corrected chi connectivity index (χ4v) is 3.07. The van der Waals surface area contributed by atoms with E-state index in [1.165, 1.54) is 0 Å². The lowest BCUT2D eigenvalue weighted by atomic mass is 9.78. The molecule has 0 aromatic heterocycles. The van der Waals surface area contributed by atoms with Crippen LogP contribution in [-0.4, -0.2) is 44.7 Å². The van der Waals surface area contributed by atoms with E-state index in [1.807, 2.05) is 31.3 Å². The minimum absolute atomic E-state index is 0. The predicted octanol–water partition coefficient (Wildman–Crippen LogP) is 2.74. The van der Waals surface area contributed by atoms with Gasteiger partial charge in [0.05, 0.1) is 12.0 Å². The van der Waals surface area contributed by atoms with Crippen LogP contribution in [-0.2, 0) is 16.1 Å². The van der Waals surface area contributed by atoms with Crippen LogP contribution in [0.15, 0.2) is 24.3 Å². The molecule has 4 nitrogen and oxygen atoms in total. The van der Waals surface area contributed by atoms with Crippen molar-refractivity contribution >= 4 is 29.9 Å². The fraction of sp³-hybridized carbons (Fsp3) is 0.562. The molecule has 1 N–H and O–H groups in total. The largest absolute Gasteiger partial charge is 0.384 e. The van der Waals surface area contributed by atoms with Gasteiger partial charge in [-0.25, -0.2) is 0 Å². The van der Waals surface area contributed by atoms with Crippen molar-refractivity contribution in [2.45, 2.75) is 19.4 Å². The second-order valence-electron chi connectivity index (χ2n) is 5.75. The maximum atomic E-state index is 12.9. The molecule has 1 heterocycles. The van der Waals surface area contributed by atoms with Crippen molar-refractivity contribution in [3.63, 3.8) is 0 Å². The number of halogens is 2. The molecule has 22 heavy (non-hydrogen) atoms. The summed E-state index contributed by atoms with van der Waals surface area (Å²) in [5, 5.41) is 4.02. The number of ether oxygens (including phenoxy) is 1. The number of benzene rings is 1. The van der Waals surface area contributed by atoms with Crippen molar-refractivity contribution in [2.24, 2.45) is 5.41 Å². The maximum absolute atomic E-state index is 12.9. The van der Waals surface area contributed by atoms with Gasteiger partial charge in [0.15, 0.2) is 0 Å². The van der Waals surface area contributed by atoms with E-state index in [-0.39, 0.29) is 23.7 Å². The van der Waals surface area contributed by atoms with Gasteiger partial charge in [-0.15, -0.1) is 12.4 Å². The molecule has 0 radical (unpaired) electrons. The van der Waals surface area contributed by atoms with Gasteiger partial charge in [0.2, 0.25) is 5.91 Å². The quantitative estimate of drug-likeness (QED) is 0.891. The Morgan fingerprint density at radius 2 is 1.91 bits per heavy atom. The average molecular weight is 347 g/mol. The number of methoxy groups -OCH3 is 1. The SMILES string of the molecule is COCC1(C(=O)N(C)Cc2ccc(Cl)cc2)CCNCC1.Cl. The van der Waals surface area contributed by atoms with E-state index >= 15 is 0 Å². The van der Waals surface area contributed by atoms with Crippen LogP contribution in [0.4, 0.5) is 0 Å². The first-order valence-electron chi connectivity index (χ1n) is 7.27. The van der Waals surface area contributed by atoms with Crippen LogP contribution in [0.2, 0.25) is 5.02 Å². The van der Waals surface area contributed by atoms with Gasteiger partial charge in [-0.3, -0.25) is 4.79 Å². The Hall–Kier alpha value is -0.810. The summed E-state index contributed by atoms with van der Waals surface area (Å²) in [5.74, 6) is 0.167. The lowest BCUT2D eigenvalue weighted by Crippen LogP contribution is -2.50. The van der Waals surface area contributed by atoms with Gasteiger partial charge in [0.1, 0.15) is 0 Å². The van der Waals surface area contributed by atoms with E-state index in [4.69, 9.17) is 16.3 Å². The van der Waals surface area contributed by atoms with E-state index in [0.29, 0.717) is 18.2 Å². The lowest BCUT2D eigenvalue weighted by molar-refractivity contribution is -0.146. The molecule has 0 atom stereocenters. The number of piperidine rings is 1. The Balaban J connectivity index is 0.00000242. The predicted molar refractivity (Wildman–Crippen MR) is 91.6 cm³/mol. The monoisotopic (exact) mass is 346 g/mol. The third-order valence-electron chi connectivity index (χ3n) is 4.11. The van der Waals surface area contributed by atoms with Crippen LogP contribution >= 0.6 is 24.0 Å². The van der Waals surface area contributed by atoms with Crippen molar-refractivity contribution in [2.75, 3.05) is 33.9 Å². The summed E-state index contributed by atoms with van der Waals surface area (Å²) in [6.07, 6.45) is 1.65. The van der Waals surface area contributed by atoms with Crippen LogP contribution in [0.1, 0.15) is 18.4 Å². The average Bonchev–Trinajstić information content (AvgIpc) is 2.50. The van der Waals surface area contributed by atoms with Crippen molar-refractivity contribution in [3.05, 3.63) is 34.9 Å². The molecule has 1 saturated heterocycles. The molecule has 1 aromatic rings. The van der Waals surface area contributed by atoms with Crippen LogP contribution in [0.5, 0.6) is 0 Å². The molecule has 0 bridgehead atoms. The minimum atomic E-state index is -0.388. The second kappa shape index (κ2) is 8.73. The lowest BCUT2D eigenvalue weighted by Gasteiger charge is -2.38. The highest BCUT2D eigenvalue weighted by Gasteiger charge is 2.41. The summed E-state index contributed by atoms with van der Waals surface area (Å²) in [6, 6.07) is 7.62. The van der Waals surface area contributed by atoms with E-state index in [0.717, 1.165) is 31.5 Å². The molecule has 1 amide bonds. The highest BCUT2D eigenvalue weighted by atomic mass is 35.5. The van der Waals surface area contributed by atoms with Gasteiger partial charge < -0.3 is 15.0 Å². The second-order valence-corrected chi connectivity index (χ2v) is 6.19. The zero-order valence-electron chi connectivity index (χ0n) is 13.1. The van der Waals surface area contributed by atoms with Crippen molar-refractivity contribution in [3.8, 4) is 0 Å². The van der Waals surface area contributed by atoms with E-state index in [9.17, 15) is 4.79 Å². The molecule has 1 fully saturated rings. The Bertz CT molecular complexity index is 468. The van der Waals surface area contributed by atoms with Crippen LogP contribution in [0, 0.1) is 5.41 Å². The number of amides is 1. The minimum Gasteiger partial charge on any atom is -0.384 e. The van der Waals surface area contributed by atoms with Gasteiger partial charge in [-0.05, 0) is 43.6 Å². The molecular weight excluding hydrogens is 323 g/mol. The van der Waals surface area contributed by atoms with Crippen LogP contribution in [0.3, 0.4) is 0 Å².